The molecule has 6 nitrogen and oxygen atoms in total. The van der Waals surface area contributed by atoms with Gasteiger partial charge in [0.25, 0.3) is 6.29 Å². The average Bonchev–Trinajstić information content (AvgIpc) is 3.25. The predicted octanol–water partition coefficient (Wildman–Crippen LogP) is 3.32. The van der Waals surface area contributed by atoms with Crippen LogP contribution in [0.4, 0.5) is 5.69 Å². The van der Waals surface area contributed by atoms with Crippen molar-refractivity contribution in [1.82, 2.24) is 4.98 Å². The summed E-state index contributed by atoms with van der Waals surface area (Å²) in [5, 5.41) is 3.25. The molecule has 1 aliphatic heterocycles. The lowest BCUT2D eigenvalue weighted by Crippen LogP contribution is -2.11. The van der Waals surface area contributed by atoms with Crippen molar-refractivity contribution in [3.8, 4) is 0 Å². The van der Waals surface area contributed by atoms with E-state index in [1.54, 1.807) is 19.2 Å². The molecule has 0 amide bonds. The molecule has 0 atom stereocenters. The molecule has 0 bridgehead atoms. The molecular weight excluding hydrogens is 296 g/mol. The summed E-state index contributed by atoms with van der Waals surface area (Å²) in [6.07, 6.45) is 4.33. The Kier molecular flexibility index (Phi) is 4.52. The third kappa shape index (κ3) is 3.31. The van der Waals surface area contributed by atoms with Gasteiger partial charge in [-0.3, -0.25) is 0 Å². The van der Waals surface area contributed by atoms with E-state index in [0.29, 0.717) is 24.5 Å². The molecule has 120 valence electrons. The van der Waals surface area contributed by atoms with E-state index in [1.165, 1.54) is 12.5 Å². The number of H-pyrrole nitrogens is 1. The SMILES string of the molecule is CCOC(=O)c1[nH]ccc1NCc1ccccc1C1OC=CO1. The summed E-state index contributed by atoms with van der Waals surface area (Å²) in [6, 6.07) is 9.64. The van der Waals surface area contributed by atoms with E-state index in [-0.39, 0.29) is 5.97 Å². The molecule has 1 aromatic carbocycles. The van der Waals surface area contributed by atoms with Crippen molar-refractivity contribution in [2.45, 2.75) is 19.8 Å². The van der Waals surface area contributed by atoms with Gasteiger partial charge in [0.05, 0.1) is 12.3 Å². The third-order valence-corrected chi connectivity index (χ3v) is 3.46. The summed E-state index contributed by atoms with van der Waals surface area (Å²) >= 11 is 0. The Labute approximate surface area is 134 Å². The Balaban J connectivity index is 1.72. The van der Waals surface area contributed by atoms with Gasteiger partial charge in [-0.15, -0.1) is 0 Å². The molecular formula is C17H18N2O4. The zero-order valence-electron chi connectivity index (χ0n) is 12.7. The first kappa shape index (κ1) is 15.0. The predicted molar refractivity (Wildman–Crippen MR) is 84.6 cm³/mol. The van der Waals surface area contributed by atoms with E-state index in [9.17, 15) is 4.79 Å². The van der Waals surface area contributed by atoms with Crippen LogP contribution < -0.4 is 5.32 Å². The Morgan fingerprint density at radius 3 is 2.83 bits per heavy atom. The van der Waals surface area contributed by atoms with Crippen molar-refractivity contribution >= 4 is 11.7 Å². The fraction of sp³-hybridized carbons (Fsp3) is 0.235. The smallest absolute Gasteiger partial charge is 0.356 e. The standard InChI is InChI=1S/C17H18N2O4/c1-2-21-16(20)15-14(7-8-18-15)19-11-12-5-3-4-6-13(12)17-22-9-10-23-17/h3-10,17-19H,2,11H2,1H3. The summed E-state index contributed by atoms with van der Waals surface area (Å²) in [4.78, 5) is 14.8. The minimum Gasteiger partial charge on any atom is -0.461 e. The number of rotatable bonds is 6. The van der Waals surface area contributed by atoms with Crippen LogP contribution in [0, 0.1) is 0 Å². The number of carbonyl (C=O) groups excluding carboxylic acids is 1. The molecule has 2 heterocycles. The summed E-state index contributed by atoms with van der Waals surface area (Å²) in [5.41, 5.74) is 3.08. The van der Waals surface area contributed by atoms with Crippen LogP contribution >= 0.6 is 0 Å². The maximum atomic E-state index is 11.9. The number of hydrogen-bond acceptors (Lipinski definition) is 5. The average molecular weight is 314 g/mol. The molecule has 2 N–H and O–H groups in total. The lowest BCUT2D eigenvalue weighted by Gasteiger charge is -2.16. The van der Waals surface area contributed by atoms with E-state index in [4.69, 9.17) is 14.2 Å². The summed E-state index contributed by atoms with van der Waals surface area (Å²) in [7, 11) is 0. The first-order valence-electron chi connectivity index (χ1n) is 7.41. The second-order valence-corrected chi connectivity index (χ2v) is 4.92. The van der Waals surface area contributed by atoms with Gasteiger partial charge >= 0.3 is 5.97 Å². The van der Waals surface area contributed by atoms with Crippen LogP contribution in [0.25, 0.3) is 0 Å². The van der Waals surface area contributed by atoms with Crippen molar-refractivity contribution in [2.75, 3.05) is 11.9 Å². The van der Waals surface area contributed by atoms with Crippen LogP contribution in [-0.4, -0.2) is 17.6 Å². The molecule has 3 rings (SSSR count). The number of aromatic amines is 1. The molecule has 0 spiro atoms. The number of aromatic nitrogens is 1. The maximum absolute atomic E-state index is 11.9. The van der Waals surface area contributed by atoms with Gasteiger partial charge in [-0.2, -0.15) is 0 Å². The number of carbonyl (C=O) groups is 1. The molecule has 0 aliphatic carbocycles. The van der Waals surface area contributed by atoms with Gasteiger partial charge < -0.3 is 24.5 Å². The van der Waals surface area contributed by atoms with Gasteiger partial charge in [0.1, 0.15) is 18.2 Å². The summed E-state index contributed by atoms with van der Waals surface area (Å²) in [6.45, 7) is 2.65. The van der Waals surface area contributed by atoms with Crippen LogP contribution in [0.3, 0.4) is 0 Å². The van der Waals surface area contributed by atoms with Gasteiger partial charge in [0, 0.05) is 18.3 Å². The van der Waals surface area contributed by atoms with Gasteiger partial charge in [0.2, 0.25) is 0 Å². The van der Waals surface area contributed by atoms with Crippen LogP contribution in [-0.2, 0) is 20.8 Å². The van der Waals surface area contributed by atoms with Gasteiger partial charge in [0.15, 0.2) is 0 Å². The Morgan fingerprint density at radius 2 is 2.04 bits per heavy atom. The second-order valence-electron chi connectivity index (χ2n) is 4.92. The molecule has 2 aromatic rings. The van der Waals surface area contributed by atoms with Crippen molar-refractivity contribution in [2.24, 2.45) is 0 Å². The van der Waals surface area contributed by atoms with Crippen molar-refractivity contribution in [3.63, 3.8) is 0 Å². The highest BCUT2D eigenvalue weighted by Gasteiger charge is 2.19. The summed E-state index contributed by atoms with van der Waals surface area (Å²) in [5.74, 6) is -0.375. The fourth-order valence-electron chi connectivity index (χ4n) is 2.39. The number of esters is 1. The molecule has 1 aromatic heterocycles. The van der Waals surface area contributed by atoms with E-state index in [0.717, 1.165) is 11.1 Å². The number of benzene rings is 1. The summed E-state index contributed by atoms with van der Waals surface area (Å²) < 4.78 is 15.8. The Morgan fingerprint density at radius 1 is 1.26 bits per heavy atom. The largest absolute Gasteiger partial charge is 0.461 e. The van der Waals surface area contributed by atoms with E-state index in [2.05, 4.69) is 10.3 Å². The first-order chi connectivity index (χ1) is 11.3. The number of nitrogens with one attached hydrogen (secondary N) is 2. The fourth-order valence-corrected chi connectivity index (χ4v) is 2.39. The van der Waals surface area contributed by atoms with Gasteiger partial charge in [-0.05, 0) is 18.6 Å². The number of anilines is 1. The quantitative estimate of drug-likeness (QED) is 0.800. The van der Waals surface area contributed by atoms with Gasteiger partial charge in [-0.1, -0.05) is 24.3 Å². The van der Waals surface area contributed by atoms with Gasteiger partial charge in [-0.25, -0.2) is 4.79 Å². The van der Waals surface area contributed by atoms with Crippen LogP contribution in [0.2, 0.25) is 0 Å². The molecule has 0 radical (unpaired) electrons. The van der Waals surface area contributed by atoms with Crippen LogP contribution in [0.1, 0.15) is 34.8 Å². The third-order valence-electron chi connectivity index (χ3n) is 3.46. The minimum atomic E-state index is -0.427. The highest BCUT2D eigenvalue weighted by Crippen LogP contribution is 2.27. The van der Waals surface area contributed by atoms with Crippen molar-refractivity contribution < 1.29 is 19.0 Å². The maximum Gasteiger partial charge on any atom is 0.356 e. The normalized spacial score (nSPS) is 13.4. The van der Waals surface area contributed by atoms with E-state index < -0.39 is 6.29 Å². The van der Waals surface area contributed by atoms with Crippen molar-refractivity contribution in [3.05, 3.63) is 65.9 Å². The molecule has 23 heavy (non-hydrogen) atoms. The van der Waals surface area contributed by atoms with Crippen molar-refractivity contribution in [1.29, 1.82) is 0 Å². The molecule has 6 heteroatoms. The number of ether oxygens (including phenoxy) is 3. The minimum absolute atomic E-state index is 0.337. The van der Waals surface area contributed by atoms with Crippen LogP contribution in [0.15, 0.2) is 49.1 Å². The highest BCUT2D eigenvalue weighted by molar-refractivity contribution is 5.93. The second kappa shape index (κ2) is 6.91. The lowest BCUT2D eigenvalue weighted by molar-refractivity contribution is -0.0251. The molecule has 0 saturated carbocycles. The molecule has 0 fully saturated rings. The molecule has 1 aliphatic rings. The highest BCUT2D eigenvalue weighted by atomic mass is 16.7. The number of hydrogen-bond donors (Lipinski definition) is 2. The Bertz CT molecular complexity index is 700. The Hall–Kier alpha value is -2.89. The first-order valence-corrected chi connectivity index (χ1v) is 7.41. The zero-order chi connectivity index (χ0) is 16.1. The topological polar surface area (TPSA) is 72.6 Å². The molecule has 0 unspecified atom stereocenters. The monoisotopic (exact) mass is 314 g/mol. The lowest BCUT2D eigenvalue weighted by atomic mass is 10.1. The van der Waals surface area contributed by atoms with E-state index >= 15 is 0 Å². The zero-order valence-corrected chi connectivity index (χ0v) is 12.7. The van der Waals surface area contributed by atoms with E-state index in [1.807, 2.05) is 24.3 Å². The van der Waals surface area contributed by atoms with Crippen LogP contribution in [0.5, 0.6) is 0 Å². The molecule has 0 saturated heterocycles.